The Morgan fingerprint density at radius 1 is 1.41 bits per heavy atom. The lowest BCUT2D eigenvalue weighted by Gasteiger charge is -2.06. The molecule has 0 aliphatic heterocycles. The molecule has 0 unspecified atom stereocenters. The van der Waals surface area contributed by atoms with Crippen LogP contribution >= 0.6 is 0 Å². The molecule has 0 atom stereocenters. The normalized spacial score (nSPS) is 9.88. The zero-order valence-corrected chi connectivity index (χ0v) is 9.05. The fourth-order valence-electron chi connectivity index (χ4n) is 1.29. The molecule has 0 fully saturated rings. The summed E-state index contributed by atoms with van der Waals surface area (Å²) in [7, 11) is 0. The molecule has 4 N–H and O–H groups in total. The maximum atomic E-state index is 11.6. The SMILES string of the molecule is NC(=O)CCNC(=O)c1cccn1CC(=O)O. The second-order valence-corrected chi connectivity index (χ2v) is 3.39. The van der Waals surface area contributed by atoms with Crippen LogP contribution in [0.3, 0.4) is 0 Å². The lowest BCUT2D eigenvalue weighted by molar-refractivity contribution is -0.137. The van der Waals surface area contributed by atoms with Crippen molar-refractivity contribution in [3.8, 4) is 0 Å². The summed E-state index contributed by atoms with van der Waals surface area (Å²) in [6.45, 7) is -0.155. The van der Waals surface area contributed by atoms with E-state index >= 15 is 0 Å². The highest BCUT2D eigenvalue weighted by atomic mass is 16.4. The number of primary amides is 1. The maximum Gasteiger partial charge on any atom is 0.323 e. The molecule has 17 heavy (non-hydrogen) atoms. The van der Waals surface area contributed by atoms with Gasteiger partial charge in [-0.2, -0.15) is 0 Å². The van der Waals surface area contributed by atoms with Crippen molar-refractivity contribution in [2.45, 2.75) is 13.0 Å². The summed E-state index contributed by atoms with van der Waals surface area (Å²) in [5, 5.41) is 11.1. The lowest BCUT2D eigenvalue weighted by Crippen LogP contribution is -2.30. The van der Waals surface area contributed by atoms with Crippen LogP contribution in [0, 0.1) is 0 Å². The van der Waals surface area contributed by atoms with Gasteiger partial charge < -0.3 is 20.7 Å². The van der Waals surface area contributed by atoms with Crippen molar-refractivity contribution in [1.29, 1.82) is 0 Å². The zero-order chi connectivity index (χ0) is 12.8. The third-order valence-corrected chi connectivity index (χ3v) is 2.02. The average molecular weight is 239 g/mol. The van der Waals surface area contributed by atoms with Gasteiger partial charge in [-0.05, 0) is 12.1 Å². The predicted molar refractivity (Wildman–Crippen MR) is 58.2 cm³/mol. The van der Waals surface area contributed by atoms with E-state index in [1.54, 1.807) is 6.07 Å². The largest absolute Gasteiger partial charge is 0.480 e. The van der Waals surface area contributed by atoms with Gasteiger partial charge in [-0.3, -0.25) is 14.4 Å². The number of hydrogen-bond donors (Lipinski definition) is 3. The molecule has 0 spiro atoms. The van der Waals surface area contributed by atoms with Crippen LogP contribution in [0.25, 0.3) is 0 Å². The third-order valence-electron chi connectivity index (χ3n) is 2.02. The number of nitrogens with zero attached hydrogens (tertiary/aromatic N) is 1. The Kier molecular flexibility index (Phi) is 4.27. The quantitative estimate of drug-likeness (QED) is 0.601. The zero-order valence-electron chi connectivity index (χ0n) is 9.05. The smallest absolute Gasteiger partial charge is 0.323 e. The first-order valence-electron chi connectivity index (χ1n) is 4.94. The Hall–Kier alpha value is -2.31. The van der Waals surface area contributed by atoms with E-state index in [9.17, 15) is 14.4 Å². The van der Waals surface area contributed by atoms with E-state index in [1.165, 1.54) is 16.8 Å². The molecule has 0 saturated heterocycles. The fourth-order valence-corrected chi connectivity index (χ4v) is 1.29. The minimum absolute atomic E-state index is 0.0470. The Bertz CT molecular complexity index is 439. The van der Waals surface area contributed by atoms with Gasteiger partial charge in [0.15, 0.2) is 0 Å². The molecule has 0 aliphatic carbocycles. The molecule has 1 aromatic rings. The molecule has 0 bridgehead atoms. The van der Waals surface area contributed by atoms with Gasteiger partial charge in [0.25, 0.3) is 5.91 Å². The Morgan fingerprint density at radius 2 is 2.12 bits per heavy atom. The number of nitrogens with two attached hydrogens (primary N) is 1. The Balaban J connectivity index is 2.59. The van der Waals surface area contributed by atoms with Crippen LogP contribution < -0.4 is 11.1 Å². The number of aromatic nitrogens is 1. The molecule has 0 radical (unpaired) electrons. The number of carboxylic acids is 1. The topological polar surface area (TPSA) is 114 Å². The molecule has 1 rings (SSSR count). The number of carboxylic acid groups (broad SMARTS) is 1. The van der Waals surface area contributed by atoms with Gasteiger partial charge in [-0.1, -0.05) is 0 Å². The van der Waals surface area contributed by atoms with Crippen LogP contribution in [-0.4, -0.2) is 34.0 Å². The minimum Gasteiger partial charge on any atom is -0.480 e. The summed E-state index contributed by atoms with van der Waals surface area (Å²) >= 11 is 0. The molecule has 7 nitrogen and oxygen atoms in total. The first-order chi connectivity index (χ1) is 8.00. The lowest BCUT2D eigenvalue weighted by atomic mass is 10.3. The third kappa shape index (κ3) is 3.98. The molecular formula is C10H13N3O4. The molecule has 0 aromatic carbocycles. The summed E-state index contributed by atoms with van der Waals surface area (Å²) in [5.41, 5.74) is 5.15. The molecule has 1 heterocycles. The number of hydrogen-bond acceptors (Lipinski definition) is 3. The Morgan fingerprint density at radius 3 is 2.71 bits per heavy atom. The average Bonchev–Trinajstić information content (AvgIpc) is 2.64. The van der Waals surface area contributed by atoms with E-state index in [-0.39, 0.29) is 25.2 Å². The van der Waals surface area contributed by atoms with Crippen molar-refractivity contribution < 1.29 is 19.5 Å². The van der Waals surface area contributed by atoms with Gasteiger partial charge in [-0.25, -0.2) is 0 Å². The number of amides is 2. The summed E-state index contributed by atoms with van der Waals surface area (Å²) in [6, 6.07) is 3.08. The Labute approximate surface area is 97.2 Å². The molecular weight excluding hydrogens is 226 g/mol. The van der Waals surface area contributed by atoms with Crippen LogP contribution in [0.5, 0.6) is 0 Å². The van der Waals surface area contributed by atoms with Crippen molar-refractivity contribution >= 4 is 17.8 Å². The van der Waals surface area contributed by atoms with Gasteiger partial charge in [0.2, 0.25) is 5.91 Å². The van der Waals surface area contributed by atoms with Crippen LogP contribution in [0.1, 0.15) is 16.9 Å². The molecule has 0 saturated carbocycles. The minimum atomic E-state index is -1.03. The van der Waals surface area contributed by atoms with Gasteiger partial charge in [0, 0.05) is 19.2 Å². The van der Waals surface area contributed by atoms with Crippen molar-refractivity contribution in [2.75, 3.05) is 6.54 Å². The molecule has 0 aliphatic rings. The molecule has 2 amide bonds. The first-order valence-corrected chi connectivity index (χ1v) is 4.94. The van der Waals surface area contributed by atoms with Crippen molar-refractivity contribution in [2.24, 2.45) is 5.73 Å². The van der Waals surface area contributed by atoms with E-state index < -0.39 is 17.8 Å². The molecule has 7 heteroatoms. The summed E-state index contributed by atoms with van der Waals surface area (Å²) < 4.78 is 1.31. The van der Waals surface area contributed by atoms with Gasteiger partial charge in [-0.15, -0.1) is 0 Å². The van der Waals surface area contributed by atoms with Crippen LogP contribution in [-0.2, 0) is 16.1 Å². The van der Waals surface area contributed by atoms with Crippen molar-refractivity contribution in [1.82, 2.24) is 9.88 Å². The van der Waals surface area contributed by atoms with Gasteiger partial charge >= 0.3 is 5.97 Å². The van der Waals surface area contributed by atoms with E-state index in [0.717, 1.165) is 0 Å². The van der Waals surface area contributed by atoms with E-state index in [4.69, 9.17) is 10.8 Å². The van der Waals surface area contributed by atoms with Crippen LogP contribution in [0.4, 0.5) is 0 Å². The van der Waals surface area contributed by atoms with Crippen LogP contribution in [0.15, 0.2) is 18.3 Å². The van der Waals surface area contributed by atoms with Crippen molar-refractivity contribution in [3.63, 3.8) is 0 Å². The number of rotatable bonds is 6. The van der Waals surface area contributed by atoms with E-state index in [1.807, 2.05) is 0 Å². The fraction of sp³-hybridized carbons (Fsp3) is 0.300. The van der Waals surface area contributed by atoms with E-state index in [2.05, 4.69) is 5.32 Å². The number of aliphatic carboxylic acids is 1. The highest BCUT2D eigenvalue weighted by molar-refractivity contribution is 5.93. The molecule has 1 aromatic heterocycles. The number of carbonyl (C=O) groups excluding carboxylic acids is 2. The highest BCUT2D eigenvalue weighted by Gasteiger charge is 2.12. The van der Waals surface area contributed by atoms with Crippen molar-refractivity contribution in [3.05, 3.63) is 24.0 Å². The molecule has 92 valence electrons. The van der Waals surface area contributed by atoms with Gasteiger partial charge in [0.1, 0.15) is 12.2 Å². The summed E-state index contributed by atoms with van der Waals surface area (Å²) in [6.07, 6.45) is 1.54. The maximum absolute atomic E-state index is 11.6. The second-order valence-electron chi connectivity index (χ2n) is 3.39. The number of nitrogens with one attached hydrogen (secondary N) is 1. The number of carbonyl (C=O) groups is 3. The van der Waals surface area contributed by atoms with E-state index in [0.29, 0.717) is 0 Å². The summed E-state index contributed by atoms with van der Waals surface area (Å²) in [5.74, 6) is -1.98. The first kappa shape index (κ1) is 12.8. The summed E-state index contributed by atoms with van der Waals surface area (Å²) in [4.78, 5) is 32.6. The van der Waals surface area contributed by atoms with Gasteiger partial charge in [0.05, 0.1) is 0 Å². The van der Waals surface area contributed by atoms with Crippen LogP contribution in [0.2, 0.25) is 0 Å². The predicted octanol–water partition coefficient (Wildman–Crippen LogP) is -0.822. The highest BCUT2D eigenvalue weighted by Crippen LogP contribution is 2.02. The standard InChI is InChI=1S/C10H13N3O4/c11-8(14)3-4-12-10(17)7-2-1-5-13(7)6-9(15)16/h1-2,5H,3-4,6H2,(H2,11,14)(H,12,17)(H,15,16). The second kappa shape index (κ2) is 5.69. The monoisotopic (exact) mass is 239 g/mol.